The van der Waals surface area contributed by atoms with E-state index in [0.717, 1.165) is 53.3 Å². The van der Waals surface area contributed by atoms with Gasteiger partial charge in [-0.3, -0.25) is 0 Å². The molecule has 5 heteroatoms. The number of rotatable bonds is 3. The maximum atomic E-state index is 5.25. The Balaban J connectivity index is 1.72. The number of aryl methyl sites for hydroxylation is 1. The number of ether oxygens (including phenoxy) is 1. The highest BCUT2D eigenvalue weighted by Crippen LogP contribution is 2.31. The van der Waals surface area contributed by atoms with E-state index < -0.39 is 0 Å². The normalized spacial score (nSPS) is 20.8. The first-order valence-electron chi connectivity index (χ1n) is 8.88. The third kappa shape index (κ3) is 3.00. The monoisotopic (exact) mass is 336 g/mol. The molecule has 0 spiro atoms. The minimum atomic E-state index is 0.444. The van der Waals surface area contributed by atoms with Gasteiger partial charge < -0.3 is 15.0 Å². The molecule has 3 aromatic rings. The Hall–Kier alpha value is -2.40. The van der Waals surface area contributed by atoms with Crippen LogP contribution in [-0.2, 0) is 0 Å². The van der Waals surface area contributed by atoms with Crippen LogP contribution in [0.2, 0.25) is 0 Å². The van der Waals surface area contributed by atoms with Gasteiger partial charge in [0.2, 0.25) is 0 Å². The molecule has 1 aromatic carbocycles. The van der Waals surface area contributed by atoms with Gasteiger partial charge in [0.1, 0.15) is 11.6 Å². The molecular formula is C20H24N4O. The van der Waals surface area contributed by atoms with Crippen LogP contribution in [0.25, 0.3) is 22.3 Å². The van der Waals surface area contributed by atoms with Crippen LogP contribution in [-0.4, -0.2) is 34.6 Å². The van der Waals surface area contributed by atoms with E-state index in [4.69, 9.17) is 9.72 Å². The van der Waals surface area contributed by atoms with Crippen molar-refractivity contribution >= 4 is 11.0 Å². The van der Waals surface area contributed by atoms with Gasteiger partial charge in [0.05, 0.1) is 30.0 Å². The molecule has 0 saturated carbocycles. The van der Waals surface area contributed by atoms with Crippen molar-refractivity contribution in [3.63, 3.8) is 0 Å². The number of aromatic nitrogens is 3. The Morgan fingerprint density at radius 1 is 1.20 bits per heavy atom. The van der Waals surface area contributed by atoms with Crippen molar-refractivity contribution in [2.45, 2.75) is 38.6 Å². The van der Waals surface area contributed by atoms with Crippen molar-refractivity contribution in [3.8, 4) is 17.0 Å². The summed E-state index contributed by atoms with van der Waals surface area (Å²) in [7, 11) is 1.68. The molecule has 1 aliphatic heterocycles. The van der Waals surface area contributed by atoms with Crippen LogP contribution in [0.4, 0.5) is 0 Å². The molecule has 2 aromatic heterocycles. The first-order chi connectivity index (χ1) is 12.2. The fourth-order valence-corrected chi connectivity index (χ4v) is 3.73. The van der Waals surface area contributed by atoms with Gasteiger partial charge in [0.25, 0.3) is 0 Å². The molecule has 4 rings (SSSR count). The predicted molar refractivity (Wildman–Crippen MR) is 100 cm³/mol. The number of H-pyrrole nitrogens is 1. The zero-order valence-corrected chi connectivity index (χ0v) is 15.0. The third-order valence-corrected chi connectivity index (χ3v) is 5.16. The van der Waals surface area contributed by atoms with Crippen molar-refractivity contribution in [2.75, 3.05) is 13.7 Å². The van der Waals surface area contributed by atoms with Crippen LogP contribution < -0.4 is 10.1 Å². The summed E-state index contributed by atoms with van der Waals surface area (Å²) < 4.78 is 5.25. The van der Waals surface area contributed by atoms with Crippen LogP contribution >= 0.6 is 0 Å². The fraction of sp³-hybridized carbons (Fsp3) is 0.400. The Bertz CT molecular complexity index is 885. The Morgan fingerprint density at radius 3 is 2.72 bits per heavy atom. The summed E-state index contributed by atoms with van der Waals surface area (Å²) >= 11 is 0. The van der Waals surface area contributed by atoms with E-state index in [1.54, 1.807) is 7.11 Å². The number of piperidine rings is 1. The van der Waals surface area contributed by atoms with E-state index in [1.165, 1.54) is 5.56 Å². The summed E-state index contributed by atoms with van der Waals surface area (Å²) in [5.41, 5.74) is 5.43. The van der Waals surface area contributed by atoms with Gasteiger partial charge in [-0.25, -0.2) is 9.97 Å². The molecule has 0 radical (unpaired) electrons. The Labute approximate surface area is 147 Å². The first kappa shape index (κ1) is 16.1. The average Bonchev–Trinajstić information content (AvgIpc) is 2.98. The molecule has 2 N–H and O–H groups in total. The van der Waals surface area contributed by atoms with Gasteiger partial charge in [-0.15, -0.1) is 0 Å². The largest absolute Gasteiger partial charge is 0.497 e. The smallest absolute Gasteiger partial charge is 0.132 e. The number of aromatic amines is 1. The zero-order valence-electron chi connectivity index (χ0n) is 15.0. The van der Waals surface area contributed by atoms with Gasteiger partial charge in [-0.1, -0.05) is 0 Å². The van der Waals surface area contributed by atoms with E-state index in [9.17, 15) is 0 Å². The minimum absolute atomic E-state index is 0.444. The molecule has 5 nitrogen and oxygen atoms in total. The second kappa shape index (κ2) is 6.48. The average molecular weight is 336 g/mol. The van der Waals surface area contributed by atoms with Crippen molar-refractivity contribution in [1.29, 1.82) is 0 Å². The summed E-state index contributed by atoms with van der Waals surface area (Å²) in [5, 5.41) is 3.49. The van der Waals surface area contributed by atoms with E-state index >= 15 is 0 Å². The maximum Gasteiger partial charge on any atom is 0.132 e. The summed E-state index contributed by atoms with van der Waals surface area (Å²) in [6.07, 6.45) is 4.13. The minimum Gasteiger partial charge on any atom is -0.497 e. The molecule has 1 saturated heterocycles. The van der Waals surface area contributed by atoms with Crippen LogP contribution in [0.3, 0.4) is 0 Å². The van der Waals surface area contributed by atoms with Crippen LogP contribution in [0, 0.1) is 6.92 Å². The van der Waals surface area contributed by atoms with Crippen molar-refractivity contribution in [1.82, 2.24) is 20.3 Å². The van der Waals surface area contributed by atoms with Gasteiger partial charge in [0.15, 0.2) is 0 Å². The predicted octanol–water partition coefficient (Wildman–Crippen LogP) is 3.80. The number of benzene rings is 1. The molecule has 1 fully saturated rings. The molecule has 1 aliphatic rings. The van der Waals surface area contributed by atoms with Crippen molar-refractivity contribution in [2.24, 2.45) is 0 Å². The topological polar surface area (TPSA) is 62.8 Å². The van der Waals surface area contributed by atoms with Crippen molar-refractivity contribution < 1.29 is 4.74 Å². The second-order valence-corrected chi connectivity index (χ2v) is 6.92. The summed E-state index contributed by atoms with van der Waals surface area (Å²) in [6, 6.07) is 8.63. The maximum absolute atomic E-state index is 5.25. The summed E-state index contributed by atoms with van der Waals surface area (Å²) in [4.78, 5) is 13.0. The lowest BCUT2D eigenvalue weighted by Gasteiger charge is -2.26. The molecule has 0 aliphatic carbocycles. The fourth-order valence-electron chi connectivity index (χ4n) is 3.73. The number of nitrogens with zero attached hydrogens (tertiary/aromatic N) is 2. The summed E-state index contributed by atoms with van der Waals surface area (Å²) in [5.74, 6) is 2.28. The number of fused-ring (bicyclic) bond motifs is 1. The van der Waals surface area contributed by atoms with E-state index in [-0.39, 0.29) is 0 Å². The second-order valence-electron chi connectivity index (χ2n) is 6.92. The van der Waals surface area contributed by atoms with E-state index in [0.29, 0.717) is 12.0 Å². The molecule has 0 bridgehead atoms. The molecule has 25 heavy (non-hydrogen) atoms. The standard InChI is InChI=1S/C20H24N4O/c1-12-10-15(8-9-21-12)20-22-11-17-19(24-20)13(2)18(23-17)14-4-6-16(25-3)7-5-14/h4-7,11-12,15,21,23H,8-10H2,1-3H3. The first-order valence-corrected chi connectivity index (χ1v) is 8.88. The Kier molecular flexibility index (Phi) is 4.17. The molecule has 3 heterocycles. The van der Waals surface area contributed by atoms with Gasteiger partial charge in [0, 0.05) is 17.5 Å². The molecule has 130 valence electrons. The molecule has 0 amide bonds. The number of hydrogen-bond acceptors (Lipinski definition) is 4. The third-order valence-electron chi connectivity index (χ3n) is 5.16. The molecule has 2 unspecified atom stereocenters. The molecular weight excluding hydrogens is 312 g/mol. The quantitative estimate of drug-likeness (QED) is 0.764. The lowest BCUT2D eigenvalue weighted by Crippen LogP contribution is -2.35. The van der Waals surface area contributed by atoms with Crippen LogP contribution in [0.5, 0.6) is 5.75 Å². The highest BCUT2D eigenvalue weighted by atomic mass is 16.5. The van der Waals surface area contributed by atoms with Gasteiger partial charge in [-0.05, 0) is 63.1 Å². The van der Waals surface area contributed by atoms with E-state index in [1.807, 2.05) is 18.3 Å². The van der Waals surface area contributed by atoms with E-state index in [2.05, 4.69) is 41.3 Å². The lowest BCUT2D eigenvalue weighted by molar-refractivity contribution is 0.371. The zero-order chi connectivity index (χ0) is 17.4. The van der Waals surface area contributed by atoms with Gasteiger partial charge >= 0.3 is 0 Å². The Morgan fingerprint density at radius 2 is 2.00 bits per heavy atom. The number of nitrogens with one attached hydrogen (secondary N) is 2. The van der Waals surface area contributed by atoms with Crippen LogP contribution in [0.15, 0.2) is 30.5 Å². The molecule has 2 atom stereocenters. The number of hydrogen-bond donors (Lipinski definition) is 2. The summed E-state index contributed by atoms with van der Waals surface area (Å²) in [6.45, 7) is 5.39. The SMILES string of the molecule is COc1ccc(-c2[nH]c3cnc(C4CCNC(C)C4)nc3c2C)cc1. The van der Waals surface area contributed by atoms with Gasteiger partial charge in [-0.2, -0.15) is 0 Å². The highest BCUT2D eigenvalue weighted by molar-refractivity contribution is 5.87. The number of methoxy groups -OCH3 is 1. The van der Waals surface area contributed by atoms with Crippen molar-refractivity contribution in [3.05, 3.63) is 41.9 Å². The lowest BCUT2D eigenvalue weighted by atomic mass is 9.92. The van der Waals surface area contributed by atoms with Crippen LogP contribution in [0.1, 0.15) is 37.1 Å². The highest BCUT2D eigenvalue weighted by Gasteiger charge is 2.23.